The Balaban J connectivity index is 2.12. The van der Waals surface area contributed by atoms with Gasteiger partial charge in [0.25, 0.3) is 5.69 Å². The van der Waals surface area contributed by atoms with Crippen LogP contribution in [0.3, 0.4) is 0 Å². The van der Waals surface area contributed by atoms with Crippen LogP contribution in [0.1, 0.15) is 15.9 Å². The summed E-state index contributed by atoms with van der Waals surface area (Å²) in [4.78, 5) is 25.8. The van der Waals surface area contributed by atoms with E-state index in [0.29, 0.717) is 5.56 Å². The molecule has 2 aromatic rings. The van der Waals surface area contributed by atoms with Gasteiger partial charge in [0, 0.05) is 36.5 Å². The summed E-state index contributed by atoms with van der Waals surface area (Å²) in [5, 5.41) is 10.5. The fraction of sp³-hybridized carbons (Fsp3) is 0.0769. The molecule has 0 amide bonds. The highest BCUT2D eigenvalue weighted by Gasteiger charge is 2.10. The van der Waals surface area contributed by atoms with E-state index in [2.05, 4.69) is 4.98 Å². The predicted octanol–water partition coefficient (Wildman–Crippen LogP) is 2.42. The Hall–Kier alpha value is -2.56. The van der Waals surface area contributed by atoms with Crippen molar-refractivity contribution in [3.63, 3.8) is 0 Å². The molecule has 0 fully saturated rings. The minimum atomic E-state index is -0.491. The van der Waals surface area contributed by atoms with Crippen LogP contribution in [0.15, 0.2) is 48.8 Å². The number of hydrogen-bond donors (Lipinski definition) is 0. The summed E-state index contributed by atoms with van der Waals surface area (Å²) in [7, 11) is 0. The van der Waals surface area contributed by atoms with Crippen molar-refractivity contribution in [1.29, 1.82) is 0 Å². The third kappa shape index (κ3) is 2.76. The van der Waals surface area contributed by atoms with Crippen LogP contribution in [-0.2, 0) is 6.42 Å². The van der Waals surface area contributed by atoms with Crippen molar-refractivity contribution in [2.45, 2.75) is 6.42 Å². The molecule has 0 spiro atoms. The number of nitro groups is 1. The number of ketones is 1. The number of benzene rings is 1. The average Bonchev–Trinajstić information content (AvgIpc) is 2.40. The molecule has 2 rings (SSSR count). The fourth-order valence-corrected chi connectivity index (χ4v) is 1.56. The van der Waals surface area contributed by atoms with Crippen molar-refractivity contribution < 1.29 is 9.72 Å². The van der Waals surface area contributed by atoms with Crippen LogP contribution in [0.25, 0.3) is 0 Å². The number of rotatable bonds is 4. The van der Waals surface area contributed by atoms with Gasteiger partial charge in [-0.15, -0.1) is 0 Å². The zero-order chi connectivity index (χ0) is 13.0. The van der Waals surface area contributed by atoms with Crippen LogP contribution in [0.2, 0.25) is 0 Å². The van der Waals surface area contributed by atoms with Crippen molar-refractivity contribution in [2.24, 2.45) is 0 Å². The second-order valence-corrected chi connectivity index (χ2v) is 3.77. The maximum Gasteiger partial charge on any atom is 0.269 e. The summed E-state index contributed by atoms with van der Waals surface area (Å²) in [5.41, 5.74) is 1.26. The van der Waals surface area contributed by atoms with Gasteiger partial charge in [0.05, 0.1) is 4.92 Å². The van der Waals surface area contributed by atoms with Gasteiger partial charge in [0.15, 0.2) is 5.78 Å². The SMILES string of the molecule is O=C(Cc1cccnc1)c1ccc([N+](=O)[O-])cc1. The van der Waals surface area contributed by atoms with Gasteiger partial charge in [0.2, 0.25) is 0 Å². The van der Waals surface area contributed by atoms with Crippen LogP contribution in [0.4, 0.5) is 5.69 Å². The Morgan fingerprint density at radius 2 is 1.94 bits per heavy atom. The van der Waals surface area contributed by atoms with Crippen LogP contribution in [0.5, 0.6) is 0 Å². The first kappa shape index (κ1) is 11.9. The first-order valence-electron chi connectivity index (χ1n) is 5.33. The first-order chi connectivity index (χ1) is 8.66. The van der Waals surface area contributed by atoms with Gasteiger partial charge in [-0.05, 0) is 23.8 Å². The molecule has 0 aliphatic rings. The van der Waals surface area contributed by atoms with Crippen LogP contribution in [0, 0.1) is 10.1 Å². The number of Topliss-reactive ketones (excluding diaryl/α,β-unsaturated/α-hetero) is 1. The zero-order valence-corrected chi connectivity index (χ0v) is 9.45. The van der Waals surface area contributed by atoms with E-state index in [1.807, 2.05) is 6.07 Å². The molecule has 0 bridgehead atoms. The smallest absolute Gasteiger partial charge is 0.269 e. The quantitative estimate of drug-likeness (QED) is 0.469. The molecule has 0 aliphatic carbocycles. The standard InChI is InChI=1S/C13H10N2O3/c16-13(8-10-2-1-7-14-9-10)11-3-5-12(6-4-11)15(17)18/h1-7,9H,8H2. The molecule has 1 heterocycles. The number of carbonyl (C=O) groups is 1. The zero-order valence-electron chi connectivity index (χ0n) is 9.45. The van der Waals surface area contributed by atoms with E-state index < -0.39 is 4.92 Å². The van der Waals surface area contributed by atoms with E-state index in [0.717, 1.165) is 5.56 Å². The Labute approximate surface area is 103 Å². The number of pyridine rings is 1. The summed E-state index contributed by atoms with van der Waals surface area (Å²) in [6.45, 7) is 0. The molecular formula is C13H10N2O3. The number of nitro benzene ring substituents is 1. The van der Waals surface area contributed by atoms with Gasteiger partial charge in [-0.25, -0.2) is 0 Å². The molecule has 1 aromatic carbocycles. The number of non-ortho nitro benzene ring substituents is 1. The van der Waals surface area contributed by atoms with E-state index in [1.165, 1.54) is 24.3 Å². The highest BCUT2D eigenvalue weighted by molar-refractivity contribution is 5.97. The Morgan fingerprint density at radius 3 is 2.50 bits per heavy atom. The van der Waals surface area contributed by atoms with Crippen LogP contribution >= 0.6 is 0 Å². The van der Waals surface area contributed by atoms with Crippen molar-refractivity contribution in [1.82, 2.24) is 4.98 Å². The number of hydrogen-bond acceptors (Lipinski definition) is 4. The molecule has 0 unspecified atom stereocenters. The lowest BCUT2D eigenvalue weighted by Crippen LogP contribution is -2.03. The topological polar surface area (TPSA) is 73.1 Å². The average molecular weight is 242 g/mol. The molecule has 0 saturated carbocycles. The third-order valence-corrected chi connectivity index (χ3v) is 2.49. The molecule has 0 N–H and O–H groups in total. The maximum absolute atomic E-state index is 11.9. The maximum atomic E-state index is 11.9. The molecular weight excluding hydrogens is 232 g/mol. The van der Waals surface area contributed by atoms with Crippen LogP contribution in [-0.4, -0.2) is 15.7 Å². The molecule has 5 nitrogen and oxygen atoms in total. The Bertz CT molecular complexity index is 565. The van der Waals surface area contributed by atoms with E-state index in [9.17, 15) is 14.9 Å². The van der Waals surface area contributed by atoms with E-state index in [4.69, 9.17) is 0 Å². The van der Waals surface area contributed by atoms with Crippen molar-refractivity contribution in [3.8, 4) is 0 Å². The summed E-state index contributed by atoms with van der Waals surface area (Å²) in [6.07, 6.45) is 3.51. The van der Waals surface area contributed by atoms with Gasteiger partial charge < -0.3 is 0 Å². The lowest BCUT2D eigenvalue weighted by atomic mass is 10.0. The summed E-state index contributed by atoms with van der Waals surface area (Å²) in [6, 6.07) is 9.18. The van der Waals surface area contributed by atoms with E-state index >= 15 is 0 Å². The normalized spacial score (nSPS) is 10.0. The molecule has 90 valence electrons. The number of aromatic nitrogens is 1. The van der Waals surface area contributed by atoms with Crippen molar-refractivity contribution >= 4 is 11.5 Å². The predicted molar refractivity (Wildman–Crippen MR) is 65.4 cm³/mol. The van der Waals surface area contributed by atoms with Gasteiger partial charge in [-0.1, -0.05) is 6.07 Å². The molecule has 0 saturated heterocycles. The summed E-state index contributed by atoms with van der Waals surface area (Å²) < 4.78 is 0. The minimum absolute atomic E-state index is 0.0204. The Morgan fingerprint density at radius 1 is 1.22 bits per heavy atom. The third-order valence-electron chi connectivity index (χ3n) is 2.49. The molecule has 0 radical (unpaired) electrons. The lowest BCUT2D eigenvalue weighted by Gasteiger charge is -2.00. The molecule has 1 aromatic heterocycles. The lowest BCUT2D eigenvalue weighted by molar-refractivity contribution is -0.384. The van der Waals surface area contributed by atoms with Crippen molar-refractivity contribution in [3.05, 3.63) is 70.0 Å². The largest absolute Gasteiger partial charge is 0.294 e. The molecule has 0 aliphatic heterocycles. The summed E-state index contributed by atoms with van der Waals surface area (Å²) in [5.74, 6) is -0.0853. The Kier molecular flexibility index (Phi) is 3.43. The fourth-order valence-electron chi connectivity index (χ4n) is 1.56. The van der Waals surface area contributed by atoms with Crippen LogP contribution < -0.4 is 0 Å². The monoisotopic (exact) mass is 242 g/mol. The van der Waals surface area contributed by atoms with E-state index in [-0.39, 0.29) is 17.9 Å². The molecule has 5 heteroatoms. The molecule has 18 heavy (non-hydrogen) atoms. The molecule has 0 atom stereocenters. The number of carbonyl (C=O) groups excluding carboxylic acids is 1. The second kappa shape index (κ2) is 5.18. The second-order valence-electron chi connectivity index (χ2n) is 3.77. The van der Waals surface area contributed by atoms with Gasteiger partial charge in [-0.2, -0.15) is 0 Å². The highest BCUT2D eigenvalue weighted by Crippen LogP contribution is 2.13. The summed E-state index contributed by atoms with van der Waals surface area (Å²) >= 11 is 0. The first-order valence-corrected chi connectivity index (χ1v) is 5.33. The van der Waals surface area contributed by atoms with E-state index in [1.54, 1.807) is 18.5 Å². The van der Waals surface area contributed by atoms with Crippen molar-refractivity contribution in [2.75, 3.05) is 0 Å². The van der Waals surface area contributed by atoms with Gasteiger partial charge in [0.1, 0.15) is 0 Å². The van der Waals surface area contributed by atoms with Gasteiger partial charge in [-0.3, -0.25) is 19.9 Å². The number of nitrogens with zero attached hydrogens (tertiary/aromatic N) is 2. The minimum Gasteiger partial charge on any atom is -0.294 e. The highest BCUT2D eigenvalue weighted by atomic mass is 16.6. The van der Waals surface area contributed by atoms with Gasteiger partial charge >= 0.3 is 0 Å².